The molecule has 2 aromatic carbocycles. The average Bonchev–Trinajstić information content (AvgIpc) is 2.78. The molecule has 0 saturated heterocycles. The van der Waals surface area contributed by atoms with Crippen LogP contribution in [0.15, 0.2) is 48.5 Å². The summed E-state index contributed by atoms with van der Waals surface area (Å²) >= 11 is 12.4. The van der Waals surface area contributed by atoms with Crippen molar-refractivity contribution in [3.05, 3.63) is 69.7 Å². The van der Waals surface area contributed by atoms with E-state index in [0.29, 0.717) is 22.9 Å². The molecular formula is C25H30Cl2N2O2. The molecule has 6 heteroatoms. The molecule has 1 atom stereocenters. The van der Waals surface area contributed by atoms with Gasteiger partial charge in [0, 0.05) is 35.5 Å². The number of nitrogens with zero attached hydrogens (tertiary/aromatic N) is 1. The molecule has 1 N–H and O–H groups in total. The van der Waals surface area contributed by atoms with Gasteiger partial charge >= 0.3 is 0 Å². The molecule has 0 radical (unpaired) electrons. The van der Waals surface area contributed by atoms with Crippen molar-refractivity contribution in [2.45, 2.75) is 70.5 Å². The molecule has 0 heterocycles. The predicted octanol–water partition coefficient (Wildman–Crippen LogP) is 5.79. The third-order valence-electron chi connectivity index (χ3n) is 5.88. The summed E-state index contributed by atoms with van der Waals surface area (Å²) in [5, 5.41) is 4.25. The number of halogens is 2. The van der Waals surface area contributed by atoms with Crippen molar-refractivity contribution >= 4 is 35.0 Å². The minimum atomic E-state index is -0.608. The Hall–Kier alpha value is -2.04. The number of carbonyl (C=O) groups is 2. The van der Waals surface area contributed by atoms with Gasteiger partial charge < -0.3 is 10.2 Å². The van der Waals surface area contributed by atoms with E-state index in [1.165, 1.54) is 6.42 Å². The van der Waals surface area contributed by atoms with Gasteiger partial charge in [-0.1, -0.05) is 85.8 Å². The fourth-order valence-electron chi connectivity index (χ4n) is 4.13. The summed E-state index contributed by atoms with van der Waals surface area (Å²) in [5.74, 6) is -0.173. The largest absolute Gasteiger partial charge is 0.352 e. The second-order valence-electron chi connectivity index (χ2n) is 8.16. The highest BCUT2D eigenvalue weighted by Gasteiger charge is 2.31. The zero-order valence-corrected chi connectivity index (χ0v) is 19.5. The maximum Gasteiger partial charge on any atom is 0.243 e. The highest BCUT2D eigenvalue weighted by atomic mass is 35.5. The maximum atomic E-state index is 13.4. The molecule has 2 aromatic rings. The first-order valence-corrected chi connectivity index (χ1v) is 11.8. The van der Waals surface area contributed by atoms with Crippen molar-refractivity contribution in [3.8, 4) is 0 Å². The van der Waals surface area contributed by atoms with Crippen LogP contribution in [0.4, 0.5) is 0 Å². The second kappa shape index (κ2) is 11.5. The number of hydrogen-bond acceptors (Lipinski definition) is 2. The summed E-state index contributed by atoms with van der Waals surface area (Å²) < 4.78 is 0. The van der Waals surface area contributed by atoms with E-state index in [2.05, 4.69) is 5.32 Å². The molecular weight excluding hydrogens is 431 g/mol. The van der Waals surface area contributed by atoms with Crippen LogP contribution in [0.2, 0.25) is 10.0 Å². The van der Waals surface area contributed by atoms with Gasteiger partial charge in [0.2, 0.25) is 11.8 Å². The first kappa shape index (κ1) is 23.6. The lowest BCUT2D eigenvalue weighted by atomic mass is 9.94. The van der Waals surface area contributed by atoms with Crippen molar-refractivity contribution in [3.63, 3.8) is 0 Å². The minimum absolute atomic E-state index is 0.0780. The summed E-state index contributed by atoms with van der Waals surface area (Å²) in [6.07, 6.45) is 6.24. The van der Waals surface area contributed by atoms with Gasteiger partial charge in [0.1, 0.15) is 6.04 Å². The lowest BCUT2D eigenvalue weighted by Gasteiger charge is -2.33. The Morgan fingerprint density at radius 2 is 1.77 bits per heavy atom. The number of amides is 2. The van der Waals surface area contributed by atoms with Gasteiger partial charge in [0.15, 0.2) is 0 Å². The molecule has 0 aliphatic heterocycles. The highest BCUT2D eigenvalue weighted by molar-refractivity contribution is 6.35. The van der Waals surface area contributed by atoms with Gasteiger partial charge in [-0.05, 0) is 36.1 Å². The van der Waals surface area contributed by atoms with Crippen molar-refractivity contribution in [2.75, 3.05) is 0 Å². The molecule has 0 unspecified atom stereocenters. The number of benzene rings is 2. The number of hydrogen-bond donors (Lipinski definition) is 1. The van der Waals surface area contributed by atoms with Crippen molar-refractivity contribution in [1.82, 2.24) is 10.2 Å². The van der Waals surface area contributed by atoms with Crippen LogP contribution in [-0.2, 0) is 22.6 Å². The van der Waals surface area contributed by atoms with E-state index in [4.69, 9.17) is 23.2 Å². The van der Waals surface area contributed by atoms with Gasteiger partial charge in [-0.2, -0.15) is 0 Å². The normalized spacial score (nSPS) is 15.3. The Morgan fingerprint density at radius 1 is 1.06 bits per heavy atom. The smallest absolute Gasteiger partial charge is 0.243 e. The van der Waals surface area contributed by atoms with E-state index in [9.17, 15) is 9.59 Å². The number of carbonyl (C=O) groups excluding carboxylic acids is 2. The monoisotopic (exact) mass is 460 g/mol. The van der Waals surface area contributed by atoms with Gasteiger partial charge in [0.05, 0.1) is 0 Å². The molecule has 0 bridgehead atoms. The summed E-state index contributed by atoms with van der Waals surface area (Å²) in [5.41, 5.74) is 1.79. The molecule has 1 aliphatic rings. The molecule has 4 nitrogen and oxygen atoms in total. The van der Waals surface area contributed by atoms with E-state index in [1.807, 2.05) is 43.3 Å². The van der Waals surface area contributed by atoms with Crippen LogP contribution in [0.1, 0.15) is 56.6 Å². The lowest BCUT2D eigenvalue weighted by Crippen LogP contribution is -2.52. The molecule has 3 rings (SSSR count). The molecule has 1 fully saturated rings. The summed E-state index contributed by atoms with van der Waals surface area (Å²) in [4.78, 5) is 28.1. The number of nitrogens with one attached hydrogen (secondary N) is 1. The zero-order chi connectivity index (χ0) is 22.2. The van der Waals surface area contributed by atoms with E-state index >= 15 is 0 Å². The van der Waals surface area contributed by atoms with Crippen LogP contribution < -0.4 is 5.32 Å². The molecule has 31 heavy (non-hydrogen) atoms. The van der Waals surface area contributed by atoms with Gasteiger partial charge in [0.25, 0.3) is 0 Å². The lowest BCUT2D eigenvalue weighted by molar-refractivity contribution is -0.141. The molecule has 0 aromatic heterocycles. The fourth-order valence-corrected chi connectivity index (χ4v) is 4.60. The standard InChI is InChI=1S/C25H30Cl2N2O2/c1-2-24(30)29(17-19-13-14-20(26)16-22(19)27)23(15-18-9-5-3-6-10-18)25(31)28-21-11-7-4-8-12-21/h3,5-6,9-10,13-14,16,21,23H,2,4,7-8,11-12,15,17H2,1H3,(H,28,31)/t23-/m0/s1. The topological polar surface area (TPSA) is 49.4 Å². The number of rotatable bonds is 8. The van der Waals surface area contributed by atoms with Crippen LogP contribution in [0.25, 0.3) is 0 Å². The summed E-state index contributed by atoms with van der Waals surface area (Å²) in [6, 6.07) is 14.6. The molecule has 1 aliphatic carbocycles. The van der Waals surface area contributed by atoms with Gasteiger partial charge in [-0.25, -0.2) is 0 Å². The van der Waals surface area contributed by atoms with Crippen LogP contribution in [-0.4, -0.2) is 28.8 Å². The maximum absolute atomic E-state index is 13.4. The Bertz CT molecular complexity index is 882. The van der Waals surface area contributed by atoms with Crippen LogP contribution >= 0.6 is 23.2 Å². The zero-order valence-electron chi connectivity index (χ0n) is 17.9. The highest BCUT2D eigenvalue weighted by Crippen LogP contribution is 2.25. The quantitative estimate of drug-likeness (QED) is 0.541. The minimum Gasteiger partial charge on any atom is -0.352 e. The molecule has 2 amide bonds. The van der Waals surface area contributed by atoms with E-state index < -0.39 is 6.04 Å². The molecule has 0 spiro atoms. The first-order chi connectivity index (χ1) is 15.0. The van der Waals surface area contributed by atoms with Crippen LogP contribution in [0.5, 0.6) is 0 Å². The Kier molecular flexibility index (Phi) is 8.79. The Labute approximate surface area is 194 Å². The SMILES string of the molecule is CCC(=O)N(Cc1ccc(Cl)cc1Cl)[C@@H](Cc1ccccc1)C(=O)NC1CCCCC1. The Balaban J connectivity index is 1.89. The Morgan fingerprint density at radius 3 is 2.42 bits per heavy atom. The summed E-state index contributed by atoms with van der Waals surface area (Å²) in [7, 11) is 0. The average molecular weight is 461 g/mol. The van der Waals surface area contributed by atoms with Crippen molar-refractivity contribution in [2.24, 2.45) is 0 Å². The molecule has 166 valence electrons. The van der Waals surface area contributed by atoms with Crippen molar-refractivity contribution < 1.29 is 9.59 Å². The molecule has 1 saturated carbocycles. The van der Waals surface area contributed by atoms with Gasteiger partial charge in [-0.3, -0.25) is 9.59 Å². The van der Waals surface area contributed by atoms with Crippen LogP contribution in [0.3, 0.4) is 0 Å². The van der Waals surface area contributed by atoms with Crippen molar-refractivity contribution in [1.29, 1.82) is 0 Å². The first-order valence-electron chi connectivity index (χ1n) is 11.1. The fraction of sp³-hybridized carbons (Fsp3) is 0.440. The second-order valence-corrected chi connectivity index (χ2v) is 9.00. The van der Waals surface area contributed by atoms with Gasteiger partial charge in [-0.15, -0.1) is 0 Å². The van der Waals surface area contributed by atoms with E-state index in [1.54, 1.807) is 17.0 Å². The van der Waals surface area contributed by atoms with E-state index in [0.717, 1.165) is 36.8 Å². The van der Waals surface area contributed by atoms with Crippen LogP contribution in [0, 0.1) is 0 Å². The third kappa shape index (κ3) is 6.72. The predicted molar refractivity (Wildman–Crippen MR) is 126 cm³/mol. The summed E-state index contributed by atoms with van der Waals surface area (Å²) in [6.45, 7) is 2.08. The third-order valence-corrected chi connectivity index (χ3v) is 6.47. The van der Waals surface area contributed by atoms with E-state index in [-0.39, 0.29) is 24.4 Å².